The van der Waals surface area contributed by atoms with E-state index in [-0.39, 0.29) is 6.61 Å². The van der Waals surface area contributed by atoms with Gasteiger partial charge in [-0.2, -0.15) is 0 Å². The largest absolute Gasteiger partial charge is 0.395 e. The summed E-state index contributed by atoms with van der Waals surface area (Å²) >= 11 is 1.55. The van der Waals surface area contributed by atoms with Crippen LogP contribution in [0.25, 0.3) is 0 Å². The van der Waals surface area contributed by atoms with Crippen molar-refractivity contribution in [3.63, 3.8) is 0 Å². The summed E-state index contributed by atoms with van der Waals surface area (Å²) in [4.78, 5) is 11.3. The molecule has 0 aliphatic heterocycles. The molecule has 6 heteroatoms. The highest BCUT2D eigenvalue weighted by atomic mass is 32.2. The second-order valence-corrected chi connectivity index (χ2v) is 5.76. The van der Waals surface area contributed by atoms with E-state index in [2.05, 4.69) is 27.1 Å². The fraction of sp³-hybridized carbons (Fsp3) is 0.714. The van der Waals surface area contributed by atoms with Crippen LogP contribution < -0.4 is 10.2 Å². The van der Waals surface area contributed by atoms with Gasteiger partial charge in [-0.1, -0.05) is 24.6 Å². The Morgan fingerprint density at radius 1 is 1.40 bits per heavy atom. The van der Waals surface area contributed by atoms with Gasteiger partial charge >= 0.3 is 0 Å². The molecule has 0 atom stereocenters. The van der Waals surface area contributed by atoms with Gasteiger partial charge in [-0.25, -0.2) is 9.97 Å². The summed E-state index contributed by atoms with van der Waals surface area (Å²) in [6, 6.07) is 2.50. The zero-order chi connectivity index (χ0) is 14.4. The van der Waals surface area contributed by atoms with E-state index in [1.165, 1.54) is 25.7 Å². The van der Waals surface area contributed by atoms with Crippen molar-refractivity contribution in [2.45, 2.75) is 43.8 Å². The van der Waals surface area contributed by atoms with Crippen LogP contribution in [0.5, 0.6) is 0 Å². The molecule has 1 heterocycles. The predicted octanol–water partition coefficient (Wildman–Crippen LogP) is 2.37. The molecule has 1 aliphatic rings. The molecular formula is C14H24N4OS. The van der Waals surface area contributed by atoms with Crippen molar-refractivity contribution in [1.82, 2.24) is 9.97 Å². The minimum absolute atomic E-state index is 0.158. The van der Waals surface area contributed by atoms with Crippen LogP contribution >= 0.6 is 11.8 Å². The predicted molar refractivity (Wildman–Crippen MR) is 84.7 cm³/mol. The lowest BCUT2D eigenvalue weighted by Crippen LogP contribution is -2.36. The van der Waals surface area contributed by atoms with Crippen LogP contribution in [-0.4, -0.2) is 47.1 Å². The number of rotatable bonds is 7. The molecule has 2 N–H and O–H groups in total. The first-order chi connectivity index (χ1) is 9.78. The molecule has 1 aromatic rings. The van der Waals surface area contributed by atoms with Gasteiger partial charge in [-0.3, -0.25) is 0 Å². The van der Waals surface area contributed by atoms with Crippen LogP contribution in [0.15, 0.2) is 11.2 Å². The SMILES string of the molecule is CCNc1cc(N(CCO)C2CCCC2)nc(SC)n1. The van der Waals surface area contributed by atoms with Gasteiger partial charge in [0.25, 0.3) is 0 Å². The first kappa shape index (κ1) is 15.4. The summed E-state index contributed by atoms with van der Waals surface area (Å²) in [5, 5.41) is 13.4. The number of hydrogen-bond donors (Lipinski definition) is 2. The van der Waals surface area contributed by atoms with Crippen LogP contribution in [0.2, 0.25) is 0 Å². The van der Waals surface area contributed by atoms with E-state index in [9.17, 15) is 5.11 Å². The number of aromatic nitrogens is 2. The molecule has 2 rings (SSSR count). The number of aliphatic hydroxyl groups excluding tert-OH is 1. The minimum atomic E-state index is 0.158. The number of thioether (sulfide) groups is 1. The number of aliphatic hydroxyl groups is 1. The van der Waals surface area contributed by atoms with Gasteiger partial charge in [0.2, 0.25) is 0 Å². The molecule has 1 fully saturated rings. The summed E-state index contributed by atoms with van der Waals surface area (Å²) < 4.78 is 0. The second-order valence-electron chi connectivity index (χ2n) is 4.98. The Hall–Kier alpha value is -1.01. The number of nitrogens with one attached hydrogen (secondary N) is 1. The lowest BCUT2D eigenvalue weighted by molar-refractivity contribution is 0.296. The van der Waals surface area contributed by atoms with E-state index in [1.54, 1.807) is 11.8 Å². The molecule has 0 bridgehead atoms. The molecule has 112 valence electrons. The van der Waals surface area contributed by atoms with Crippen molar-refractivity contribution in [3.05, 3.63) is 6.07 Å². The van der Waals surface area contributed by atoms with Gasteiger partial charge in [0.15, 0.2) is 5.16 Å². The summed E-state index contributed by atoms with van der Waals surface area (Å²) in [6.07, 6.45) is 6.91. The lowest BCUT2D eigenvalue weighted by atomic mass is 10.2. The Labute approximate surface area is 125 Å². The maximum Gasteiger partial charge on any atom is 0.191 e. The Bertz CT molecular complexity index is 424. The van der Waals surface area contributed by atoms with Crippen molar-refractivity contribution < 1.29 is 5.11 Å². The molecule has 0 spiro atoms. The molecule has 0 amide bonds. The fourth-order valence-electron chi connectivity index (χ4n) is 2.73. The van der Waals surface area contributed by atoms with Crippen LogP contribution in [0, 0.1) is 0 Å². The van der Waals surface area contributed by atoms with Crippen LogP contribution in [0.1, 0.15) is 32.6 Å². The van der Waals surface area contributed by atoms with Crippen LogP contribution in [0.3, 0.4) is 0 Å². The third kappa shape index (κ3) is 3.76. The van der Waals surface area contributed by atoms with Crippen LogP contribution in [-0.2, 0) is 0 Å². The normalized spacial score (nSPS) is 15.6. The van der Waals surface area contributed by atoms with Crippen molar-refractivity contribution in [3.8, 4) is 0 Å². The Balaban J connectivity index is 2.27. The molecule has 0 saturated heterocycles. The first-order valence-electron chi connectivity index (χ1n) is 7.33. The summed E-state index contributed by atoms with van der Waals surface area (Å²) in [5.74, 6) is 1.80. The molecular weight excluding hydrogens is 272 g/mol. The van der Waals surface area contributed by atoms with Crippen molar-refractivity contribution in [2.24, 2.45) is 0 Å². The van der Waals surface area contributed by atoms with E-state index in [0.717, 1.165) is 23.3 Å². The highest BCUT2D eigenvalue weighted by molar-refractivity contribution is 7.98. The summed E-state index contributed by atoms with van der Waals surface area (Å²) in [6.45, 7) is 3.70. The highest BCUT2D eigenvalue weighted by Gasteiger charge is 2.24. The molecule has 0 unspecified atom stereocenters. The average Bonchev–Trinajstić information content (AvgIpc) is 2.98. The highest BCUT2D eigenvalue weighted by Crippen LogP contribution is 2.29. The van der Waals surface area contributed by atoms with Crippen molar-refractivity contribution in [1.29, 1.82) is 0 Å². The van der Waals surface area contributed by atoms with Gasteiger partial charge < -0.3 is 15.3 Å². The minimum Gasteiger partial charge on any atom is -0.395 e. The third-order valence-corrected chi connectivity index (χ3v) is 4.18. The number of hydrogen-bond acceptors (Lipinski definition) is 6. The van der Waals surface area contributed by atoms with E-state index in [4.69, 9.17) is 0 Å². The molecule has 0 aromatic carbocycles. The maximum atomic E-state index is 9.35. The third-order valence-electron chi connectivity index (χ3n) is 3.63. The number of nitrogens with zero attached hydrogens (tertiary/aromatic N) is 3. The summed E-state index contributed by atoms with van der Waals surface area (Å²) in [7, 11) is 0. The van der Waals surface area contributed by atoms with Crippen LogP contribution in [0.4, 0.5) is 11.6 Å². The second kappa shape index (κ2) is 7.69. The molecule has 1 aromatic heterocycles. The van der Waals surface area contributed by atoms with E-state index >= 15 is 0 Å². The fourth-order valence-corrected chi connectivity index (χ4v) is 3.11. The zero-order valence-corrected chi connectivity index (χ0v) is 13.1. The molecule has 1 saturated carbocycles. The maximum absolute atomic E-state index is 9.35. The monoisotopic (exact) mass is 296 g/mol. The standard InChI is InChI=1S/C14H24N4OS/c1-3-15-12-10-13(17-14(16-12)20-2)18(8-9-19)11-6-4-5-7-11/h10-11,19H,3-9H2,1-2H3,(H,15,16,17). The zero-order valence-electron chi connectivity index (χ0n) is 12.3. The topological polar surface area (TPSA) is 61.3 Å². The molecule has 1 aliphatic carbocycles. The quantitative estimate of drug-likeness (QED) is 0.595. The Morgan fingerprint density at radius 2 is 2.15 bits per heavy atom. The smallest absolute Gasteiger partial charge is 0.191 e. The average molecular weight is 296 g/mol. The van der Waals surface area contributed by atoms with Gasteiger partial charge in [0, 0.05) is 25.2 Å². The van der Waals surface area contributed by atoms with Crippen molar-refractivity contribution in [2.75, 3.05) is 36.2 Å². The lowest BCUT2D eigenvalue weighted by Gasteiger charge is -2.29. The van der Waals surface area contributed by atoms with E-state index in [1.807, 2.05) is 12.3 Å². The summed E-state index contributed by atoms with van der Waals surface area (Å²) in [5.41, 5.74) is 0. The molecule has 5 nitrogen and oxygen atoms in total. The molecule has 0 radical (unpaired) electrons. The van der Waals surface area contributed by atoms with Crippen molar-refractivity contribution >= 4 is 23.4 Å². The van der Waals surface area contributed by atoms with Gasteiger partial charge in [0.1, 0.15) is 11.6 Å². The van der Waals surface area contributed by atoms with E-state index < -0.39 is 0 Å². The van der Waals surface area contributed by atoms with Gasteiger partial charge in [-0.15, -0.1) is 0 Å². The molecule has 20 heavy (non-hydrogen) atoms. The van der Waals surface area contributed by atoms with E-state index in [0.29, 0.717) is 12.6 Å². The Kier molecular flexibility index (Phi) is 5.91. The first-order valence-corrected chi connectivity index (χ1v) is 8.55. The number of anilines is 2. The Morgan fingerprint density at radius 3 is 2.75 bits per heavy atom. The van der Waals surface area contributed by atoms with Gasteiger partial charge in [-0.05, 0) is 26.0 Å². The van der Waals surface area contributed by atoms with Gasteiger partial charge in [0.05, 0.1) is 6.61 Å².